The number of aliphatic hydroxyl groups excluding tert-OH is 1. The lowest BCUT2D eigenvalue weighted by Crippen LogP contribution is -2.47. The summed E-state index contributed by atoms with van der Waals surface area (Å²) >= 11 is 0. The van der Waals surface area contributed by atoms with Gasteiger partial charge >= 0.3 is 11.7 Å². The summed E-state index contributed by atoms with van der Waals surface area (Å²) in [5, 5.41) is 19.9. The number of amides is 1. The highest BCUT2D eigenvalue weighted by atomic mass is 16.4. The Bertz CT molecular complexity index is 447. The predicted octanol–water partition coefficient (Wildman–Crippen LogP) is -1.73. The number of hydrogen-bond acceptors (Lipinski definition) is 4. The normalized spacial score (nSPS) is 14.1. The first-order valence-corrected chi connectivity index (χ1v) is 4.41. The van der Waals surface area contributed by atoms with Crippen LogP contribution in [0.3, 0.4) is 0 Å². The molecule has 0 radical (unpaired) electrons. The molecule has 16 heavy (non-hydrogen) atoms. The van der Waals surface area contributed by atoms with Crippen LogP contribution < -0.4 is 11.0 Å². The summed E-state index contributed by atoms with van der Waals surface area (Å²) in [6.45, 7) is 1.24. The minimum Gasteiger partial charge on any atom is -0.480 e. The van der Waals surface area contributed by atoms with Crippen LogP contribution in [0.1, 0.15) is 17.4 Å². The zero-order valence-electron chi connectivity index (χ0n) is 8.35. The molecule has 0 spiro atoms. The molecule has 1 amide bonds. The Kier molecular flexibility index (Phi) is 3.46. The Morgan fingerprint density at radius 1 is 1.50 bits per heavy atom. The van der Waals surface area contributed by atoms with E-state index in [2.05, 4.69) is 15.3 Å². The van der Waals surface area contributed by atoms with Crippen LogP contribution in [0.15, 0.2) is 11.0 Å². The van der Waals surface area contributed by atoms with E-state index in [1.807, 2.05) is 0 Å². The van der Waals surface area contributed by atoms with Crippen molar-refractivity contribution < 1.29 is 19.8 Å². The first kappa shape index (κ1) is 12.0. The van der Waals surface area contributed by atoms with E-state index in [0.717, 1.165) is 6.20 Å². The van der Waals surface area contributed by atoms with Gasteiger partial charge in [0.15, 0.2) is 6.04 Å². The van der Waals surface area contributed by atoms with E-state index >= 15 is 0 Å². The van der Waals surface area contributed by atoms with Gasteiger partial charge in [0.25, 0.3) is 5.91 Å². The molecule has 2 atom stereocenters. The summed E-state index contributed by atoms with van der Waals surface area (Å²) in [4.78, 5) is 37.1. The molecule has 1 aromatic heterocycles. The molecule has 8 nitrogen and oxygen atoms in total. The lowest BCUT2D eigenvalue weighted by molar-refractivity contribution is -0.141. The lowest BCUT2D eigenvalue weighted by Gasteiger charge is -2.16. The quantitative estimate of drug-likeness (QED) is 0.418. The van der Waals surface area contributed by atoms with Crippen LogP contribution in [0, 0.1) is 0 Å². The Morgan fingerprint density at radius 2 is 2.12 bits per heavy atom. The van der Waals surface area contributed by atoms with Gasteiger partial charge < -0.3 is 25.5 Å². The van der Waals surface area contributed by atoms with Gasteiger partial charge in [0.1, 0.15) is 5.69 Å². The van der Waals surface area contributed by atoms with E-state index in [0.29, 0.717) is 0 Å². The second kappa shape index (κ2) is 4.62. The number of aliphatic hydroxyl groups is 1. The molecule has 0 bridgehead atoms. The topological polar surface area (TPSA) is 135 Å². The minimum absolute atomic E-state index is 0.100. The van der Waals surface area contributed by atoms with Gasteiger partial charge in [-0.05, 0) is 6.92 Å². The highest BCUT2D eigenvalue weighted by Gasteiger charge is 2.25. The first-order chi connectivity index (χ1) is 7.41. The molecular formula is C8H11N3O5. The van der Waals surface area contributed by atoms with Crippen molar-refractivity contribution in [3.8, 4) is 0 Å². The SMILES string of the molecule is CC(O)C(NC(=O)c1c[nH]c(=O)[nH]1)C(=O)O. The summed E-state index contributed by atoms with van der Waals surface area (Å²) in [6.07, 6.45) is -0.134. The van der Waals surface area contributed by atoms with E-state index in [9.17, 15) is 14.4 Å². The fourth-order valence-electron chi connectivity index (χ4n) is 1.06. The molecule has 8 heteroatoms. The third-order valence-electron chi connectivity index (χ3n) is 1.88. The van der Waals surface area contributed by atoms with Gasteiger partial charge in [0.2, 0.25) is 0 Å². The number of carbonyl (C=O) groups excluding carboxylic acids is 1. The van der Waals surface area contributed by atoms with Crippen molar-refractivity contribution in [3.63, 3.8) is 0 Å². The average Bonchev–Trinajstić information content (AvgIpc) is 2.59. The Hall–Kier alpha value is -2.09. The molecule has 0 aliphatic heterocycles. The number of aromatic amines is 2. The first-order valence-electron chi connectivity index (χ1n) is 4.41. The summed E-state index contributed by atoms with van der Waals surface area (Å²) in [5.41, 5.74) is -0.675. The van der Waals surface area contributed by atoms with Crippen molar-refractivity contribution in [2.75, 3.05) is 0 Å². The van der Waals surface area contributed by atoms with Crippen LogP contribution in [-0.2, 0) is 4.79 Å². The van der Waals surface area contributed by atoms with Crippen LogP contribution >= 0.6 is 0 Å². The van der Waals surface area contributed by atoms with Gasteiger partial charge in [0, 0.05) is 6.20 Å². The predicted molar refractivity (Wildman–Crippen MR) is 52.0 cm³/mol. The average molecular weight is 229 g/mol. The molecule has 0 fully saturated rings. The maximum absolute atomic E-state index is 11.4. The molecule has 5 N–H and O–H groups in total. The standard InChI is InChI=1S/C8H11N3O5/c1-3(12)5(7(14)15)11-6(13)4-2-9-8(16)10-4/h2-3,5,12H,1H3,(H,11,13)(H,14,15)(H2,9,10,16). The molecule has 2 unspecified atom stereocenters. The maximum atomic E-state index is 11.4. The van der Waals surface area contributed by atoms with E-state index in [1.165, 1.54) is 6.92 Å². The second-order valence-corrected chi connectivity index (χ2v) is 3.19. The minimum atomic E-state index is -1.43. The summed E-state index contributed by atoms with van der Waals surface area (Å²) in [5.74, 6) is -2.15. The monoisotopic (exact) mass is 229 g/mol. The smallest absolute Gasteiger partial charge is 0.328 e. The van der Waals surface area contributed by atoms with Crippen LogP contribution in [0.5, 0.6) is 0 Å². The van der Waals surface area contributed by atoms with E-state index in [1.54, 1.807) is 0 Å². The van der Waals surface area contributed by atoms with Crippen LogP contribution in [0.25, 0.3) is 0 Å². The molecular weight excluding hydrogens is 218 g/mol. The number of carbonyl (C=O) groups is 2. The highest BCUT2D eigenvalue weighted by molar-refractivity contribution is 5.94. The van der Waals surface area contributed by atoms with Gasteiger partial charge in [-0.2, -0.15) is 0 Å². The Morgan fingerprint density at radius 3 is 2.50 bits per heavy atom. The number of carboxylic acid groups (broad SMARTS) is 1. The molecule has 1 heterocycles. The summed E-state index contributed by atoms with van der Waals surface area (Å²) in [7, 11) is 0. The maximum Gasteiger partial charge on any atom is 0.328 e. The van der Waals surface area contributed by atoms with Crippen LogP contribution in [0.4, 0.5) is 0 Å². The Labute approximate surface area is 89.3 Å². The summed E-state index contributed by atoms with van der Waals surface area (Å²) < 4.78 is 0. The van der Waals surface area contributed by atoms with Gasteiger partial charge in [-0.15, -0.1) is 0 Å². The number of rotatable bonds is 4. The van der Waals surface area contributed by atoms with Crippen molar-refractivity contribution in [3.05, 3.63) is 22.4 Å². The summed E-state index contributed by atoms with van der Waals surface area (Å²) in [6, 6.07) is -1.43. The van der Waals surface area contributed by atoms with E-state index in [-0.39, 0.29) is 5.69 Å². The molecule has 0 aliphatic rings. The zero-order valence-corrected chi connectivity index (χ0v) is 8.35. The van der Waals surface area contributed by atoms with Crippen molar-refractivity contribution in [2.45, 2.75) is 19.1 Å². The van der Waals surface area contributed by atoms with E-state index in [4.69, 9.17) is 10.2 Å². The highest BCUT2D eigenvalue weighted by Crippen LogP contribution is 1.96. The number of aromatic nitrogens is 2. The number of imidazole rings is 1. The lowest BCUT2D eigenvalue weighted by atomic mass is 10.2. The third kappa shape index (κ3) is 2.70. The van der Waals surface area contributed by atoms with Gasteiger partial charge in [-0.25, -0.2) is 9.59 Å². The largest absolute Gasteiger partial charge is 0.480 e. The number of aliphatic carboxylic acids is 1. The third-order valence-corrected chi connectivity index (χ3v) is 1.88. The molecule has 0 saturated heterocycles. The van der Waals surface area contributed by atoms with E-state index < -0.39 is 29.7 Å². The van der Waals surface area contributed by atoms with Crippen LogP contribution in [-0.4, -0.2) is 44.2 Å². The van der Waals surface area contributed by atoms with Gasteiger partial charge in [-0.3, -0.25) is 4.79 Å². The Balaban J connectivity index is 2.76. The fourth-order valence-corrected chi connectivity index (χ4v) is 1.06. The second-order valence-electron chi connectivity index (χ2n) is 3.19. The van der Waals surface area contributed by atoms with Crippen molar-refractivity contribution in [1.82, 2.24) is 15.3 Å². The van der Waals surface area contributed by atoms with Crippen LogP contribution in [0.2, 0.25) is 0 Å². The van der Waals surface area contributed by atoms with Crippen molar-refractivity contribution >= 4 is 11.9 Å². The van der Waals surface area contributed by atoms with Gasteiger partial charge in [-0.1, -0.05) is 0 Å². The number of nitrogens with one attached hydrogen (secondary N) is 3. The number of H-pyrrole nitrogens is 2. The molecule has 1 rings (SSSR count). The molecule has 0 saturated carbocycles. The number of carboxylic acids is 1. The zero-order chi connectivity index (χ0) is 12.3. The molecule has 0 aliphatic carbocycles. The van der Waals surface area contributed by atoms with Crippen molar-refractivity contribution in [1.29, 1.82) is 0 Å². The fraction of sp³-hybridized carbons (Fsp3) is 0.375. The van der Waals surface area contributed by atoms with Gasteiger partial charge in [0.05, 0.1) is 6.10 Å². The number of hydrogen-bond donors (Lipinski definition) is 5. The molecule has 88 valence electrons. The molecule has 0 aromatic carbocycles. The van der Waals surface area contributed by atoms with Crippen molar-refractivity contribution in [2.24, 2.45) is 0 Å². The molecule has 1 aromatic rings.